The highest BCUT2D eigenvalue weighted by molar-refractivity contribution is 5.84. The van der Waals surface area contributed by atoms with Crippen LogP contribution in [0.1, 0.15) is 52.5 Å². The van der Waals surface area contributed by atoms with Gasteiger partial charge in [-0.2, -0.15) is 5.26 Å². The van der Waals surface area contributed by atoms with Crippen LogP contribution in [-0.2, 0) is 4.74 Å². The molecule has 20 heavy (non-hydrogen) atoms. The van der Waals surface area contributed by atoms with E-state index in [4.69, 9.17) is 10.00 Å². The fourth-order valence-electron chi connectivity index (χ4n) is 1.54. The Balaban J connectivity index is 0.00000172. The van der Waals surface area contributed by atoms with Gasteiger partial charge in [-0.3, -0.25) is 5.32 Å². The lowest BCUT2D eigenvalue weighted by molar-refractivity contribution is 0.130. The van der Waals surface area contributed by atoms with Gasteiger partial charge in [0, 0.05) is 12.1 Å². The normalized spacial score (nSPS) is 10.8. The number of ether oxygens (including phenoxy) is 1. The molecule has 0 aromatic heterocycles. The second kappa shape index (κ2) is 9.85. The maximum atomic E-state index is 11.4. The maximum absolute atomic E-state index is 11.4. The van der Waals surface area contributed by atoms with Gasteiger partial charge in [0.25, 0.3) is 0 Å². The molecular formula is C16H24N2O2. The third kappa shape index (κ3) is 6.79. The van der Waals surface area contributed by atoms with Crippen molar-refractivity contribution in [2.45, 2.75) is 53.1 Å². The van der Waals surface area contributed by atoms with Crippen LogP contribution in [0.15, 0.2) is 24.3 Å². The molecule has 4 nitrogen and oxygen atoms in total. The highest BCUT2D eigenvalue weighted by Crippen LogP contribution is 2.21. The SMILES string of the molecule is CC.CC(C)OC(=O)Nc1cccc(C(C)CC#N)c1. The summed E-state index contributed by atoms with van der Waals surface area (Å²) in [5.41, 5.74) is 1.71. The Kier molecular flexibility index (Phi) is 8.86. The molecule has 0 aliphatic carbocycles. The third-order valence-electron chi connectivity index (χ3n) is 2.44. The van der Waals surface area contributed by atoms with Crippen LogP contribution in [0.5, 0.6) is 0 Å². The van der Waals surface area contributed by atoms with E-state index in [1.165, 1.54) is 0 Å². The lowest BCUT2D eigenvalue weighted by atomic mass is 9.98. The monoisotopic (exact) mass is 276 g/mol. The molecule has 0 saturated heterocycles. The van der Waals surface area contributed by atoms with Crippen LogP contribution in [0.4, 0.5) is 10.5 Å². The minimum atomic E-state index is -0.463. The lowest BCUT2D eigenvalue weighted by Crippen LogP contribution is -2.18. The highest BCUT2D eigenvalue weighted by Gasteiger charge is 2.08. The number of hydrogen-bond donors (Lipinski definition) is 1. The van der Waals surface area contributed by atoms with Gasteiger partial charge in [-0.25, -0.2) is 4.79 Å². The van der Waals surface area contributed by atoms with Gasteiger partial charge >= 0.3 is 6.09 Å². The number of carbonyl (C=O) groups is 1. The summed E-state index contributed by atoms with van der Waals surface area (Å²) in [7, 11) is 0. The average Bonchev–Trinajstić information content (AvgIpc) is 2.40. The van der Waals surface area contributed by atoms with E-state index in [0.29, 0.717) is 12.1 Å². The van der Waals surface area contributed by atoms with Gasteiger partial charge in [-0.05, 0) is 37.5 Å². The van der Waals surface area contributed by atoms with Crippen LogP contribution >= 0.6 is 0 Å². The van der Waals surface area contributed by atoms with E-state index < -0.39 is 6.09 Å². The molecule has 4 heteroatoms. The van der Waals surface area contributed by atoms with E-state index in [1.54, 1.807) is 19.9 Å². The Morgan fingerprint density at radius 3 is 2.55 bits per heavy atom. The van der Waals surface area contributed by atoms with E-state index in [1.807, 2.05) is 39.0 Å². The number of benzene rings is 1. The summed E-state index contributed by atoms with van der Waals surface area (Å²) >= 11 is 0. The molecule has 0 heterocycles. The van der Waals surface area contributed by atoms with Crippen molar-refractivity contribution in [1.29, 1.82) is 5.26 Å². The van der Waals surface area contributed by atoms with Gasteiger partial charge in [-0.15, -0.1) is 0 Å². The molecule has 0 fully saturated rings. The molecule has 1 rings (SSSR count). The molecule has 0 bridgehead atoms. The Labute approximate surface area is 121 Å². The maximum Gasteiger partial charge on any atom is 0.411 e. The van der Waals surface area contributed by atoms with Gasteiger partial charge in [0.15, 0.2) is 0 Å². The number of nitriles is 1. The highest BCUT2D eigenvalue weighted by atomic mass is 16.6. The third-order valence-corrected chi connectivity index (χ3v) is 2.44. The molecule has 1 aromatic rings. The zero-order valence-corrected chi connectivity index (χ0v) is 12.9. The second-order valence-electron chi connectivity index (χ2n) is 4.47. The molecule has 1 aromatic carbocycles. The average molecular weight is 276 g/mol. The second-order valence-corrected chi connectivity index (χ2v) is 4.47. The van der Waals surface area contributed by atoms with Gasteiger partial charge in [-0.1, -0.05) is 32.9 Å². The van der Waals surface area contributed by atoms with Crippen molar-refractivity contribution in [1.82, 2.24) is 0 Å². The number of carbonyl (C=O) groups excluding carboxylic acids is 1. The van der Waals surface area contributed by atoms with E-state index in [9.17, 15) is 4.79 Å². The van der Waals surface area contributed by atoms with Crippen molar-refractivity contribution < 1.29 is 9.53 Å². The first-order chi connectivity index (χ1) is 9.52. The van der Waals surface area contributed by atoms with Gasteiger partial charge in [0.1, 0.15) is 0 Å². The molecule has 1 amide bonds. The molecular weight excluding hydrogens is 252 g/mol. The van der Waals surface area contributed by atoms with Crippen LogP contribution in [0.3, 0.4) is 0 Å². The quantitative estimate of drug-likeness (QED) is 0.868. The van der Waals surface area contributed by atoms with E-state index in [-0.39, 0.29) is 12.0 Å². The molecule has 1 N–H and O–H groups in total. The molecule has 0 radical (unpaired) electrons. The lowest BCUT2D eigenvalue weighted by Gasteiger charge is -2.12. The largest absolute Gasteiger partial charge is 0.447 e. The summed E-state index contributed by atoms with van der Waals surface area (Å²) in [5.74, 6) is 0.151. The van der Waals surface area contributed by atoms with E-state index >= 15 is 0 Å². The molecule has 0 saturated carbocycles. The van der Waals surface area contributed by atoms with Gasteiger partial charge < -0.3 is 4.74 Å². The zero-order valence-electron chi connectivity index (χ0n) is 12.9. The fraction of sp³-hybridized carbons (Fsp3) is 0.500. The molecule has 110 valence electrons. The molecule has 1 unspecified atom stereocenters. The van der Waals surface area contributed by atoms with Crippen molar-refractivity contribution in [2.24, 2.45) is 0 Å². The Morgan fingerprint density at radius 1 is 1.35 bits per heavy atom. The summed E-state index contributed by atoms with van der Waals surface area (Å²) in [4.78, 5) is 11.4. The zero-order chi connectivity index (χ0) is 15.5. The summed E-state index contributed by atoms with van der Waals surface area (Å²) in [6, 6.07) is 9.60. The summed E-state index contributed by atoms with van der Waals surface area (Å²) in [6.45, 7) is 9.57. The van der Waals surface area contributed by atoms with Crippen molar-refractivity contribution >= 4 is 11.8 Å². The molecule has 0 aliphatic rings. The number of nitrogens with zero attached hydrogens (tertiary/aromatic N) is 1. The Hall–Kier alpha value is -2.02. The molecule has 0 aliphatic heterocycles. The van der Waals surface area contributed by atoms with Crippen LogP contribution in [-0.4, -0.2) is 12.2 Å². The van der Waals surface area contributed by atoms with Crippen LogP contribution in [0.25, 0.3) is 0 Å². The van der Waals surface area contributed by atoms with E-state index in [2.05, 4.69) is 11.4 Å². The van der Waals surface area contributed by atoms with Crippen LogP contribution in [0, 0.1) is 11.3 Å². The van der Waals surface area contributed by atoms with Crippen molar-refractivity contribution in [3.8, 4) is 6.07 Å². The predicted octanol–water partition coefficient (Wildman–Crippen LogP) is 4.69. The van der Waals surface area contributed by atoms with Gasteiger partial charge in [0.2, 0.25) is 0 Å². The topological polar surface area (TPSA) is 62.1 Å². The first-order valence-corrected chi connectivity index (χ1v) is 6.97. The summed E-state index contributed by atoms with van der Waals surface area (Å²) in [5, 5.41) is 11.3. The standard InChI is InChI=1S/C14H18N2O2.C2H6/c1-10(2)18-14(17)16-13-6-4-5-12(9-13)11(3)7-8-15;1-2/h4-6,9-11H,7H2,1-3H3,(H,16,17);1-2H3. The molecule has 1 atom stereocenters. The summed E-state index contributed by atoms with van der Waals surface area (Å²) in [6.07, 6.45) is -0.152. The number of amides is 1. The first kappa shape index (κ1) is 18.0. The van der Waals surface area contributed by atoms with E-state index in [0.717, 1.165) is 5.56 Å². The Bertz CT molecular complexity index is 450. The predicted molar refractivity (Wildman–Crippen MR) is 81.7 cm³/mol. The minimum absolute atomic E-state index is 0.148. The minimum Gasteiger partial charge on any atom is -0.447 e. The first-order valence-electron chi connectivity index (χ1n) is 6.97. The number of hydrogen-bond acceptors (Lipinski definition) is 3. The summed E-state index contributed by atoms with van der Waals surface area (Å²) < 4.78 is 5.00. The number of anilines is 1. The van der Waals surface area contributed by atoms with Crippen LogP contribution in [0.2, 0.25) is 0 Å². The van der Waals surface area contributed by atoms with Crippen LogP contribution < -0.4 is 5.32 Å². The number of nitrogens with one attached hydrogen (secondary N) is 1. The fourth-order valence-corrected chi connectivity index (χ4v) is 1.54. The molecule has 0 spiro atoms. The van der Waals surface area contributed by atoms with Crippen molar-refractivity contribution in [3.63, 3.8) is 0 Å². The number of rotatable bonds is 4. The van der Waals surface area contributed by atoms with Crippen molar-refractivity contribution in [3.05, 3.63) is 29.8 Å². The Morgan fingerprint density at radius 2 is 2.00 bits per heavy atom. The van der Waals surface area contributed by atoms with Gasteiger partial charge in [0.05, 0.1) is 12.2 Å². The smallest absolute Gasteiger partial charge is 0.411 e. The van der Waals surface area contributed by atoms with Crippen molar-refractivity contribution in [2.75, 3.05) is 5.32 Å².